The van der Waals surface area contributed by atoms with Crippen molar-refractivity contribution in [2.24, 2.45) is 0 Å². The fourth-order valence-corrected chi connectivity index (χ4v) is 1.94. The molecule has 1 N–H and O–H groups in total. The van der Waals surface area contributed by atoms with Crippen LogP contribution in [0.25, 0.3) is 0 Å². The van der Waals surface area contributed by atoms with E-state index in [2.05, 4.69) is 28.4 Å². The summed E-state index contributed by atoms with van der Waals surface area (Å²) in [6, 6.07) is 0. The molecule has 0 aromatic heterocycles. The van der Waals surface area contributed by atoms with Gasteiger partial charge in [-0.3, -0.25) is 0 Å². The van der Waals surface area contributed by atoms with E-state index in [4.69, 9.17) is 4.74 Å². The molecule has 0 amide bonds. The maximum Gasteiger partial charge on any atom is 0.0809 e. The molecule has 1 atom stereocenters. The lowest BCUT2D eigenvalue weighted by molar-refractivity contribution is 0.139. The molecule has 1 aliphatic carbocycles. The molecule has 0 spiro atoms. The number of allylic oxidation sites excluding steroid dienone is 1. The van der Waals surface area contributed by atoms with Crippen molar-refractivity contribution in [3.05, 3.63) is 23.9 Å². The van der Waals surface area contributed by atoms with Gasteiger partial charge in [-0.2, -0.15) is 0 Å². The average Bonchev–Trinajstić information content (AvgIpc) is 2.30. The Morgan fingerprint density at radius 3 is 2.93 bits per heavy atom. The zero-order valence-corrected chi connectivity index (χ0v) is 8.70. The summed E-state index contributed by atoms with van der Waals surface area (Å²) in [6.07, 6.45) is 7.91. The number of piperazine rings is 1. The maximum absolute atomic E-state index is 5.34. The Morgan fingerprint density at radius 1 is 1.43 bits per heavy atom. The highest BCUT2D eigenvalue weighted by Crippen LogP contribution is 2.16. The Morgan fingerprint density at radius 2 is 2.21 bits per heavy atom. The van der Waals surface area contributed by atoms with E-state index in [1.807, 2.05) is 0 Å². The Labute approximate surface area is 85.4 Å². The average molecular weight is 194 g/mol. The molecular formula is C11H18N2O. The van der Waals surface area contributed by atoms with E-state index in [0.29, 0.717) is 0 Å². The predicted octanol–water partition coefficient (Wildman–Crippen LogP) is 0.750. The second-order valence-electron chi connectivity index (χ2n) is 3.74. The molecule has 2 rings (SSSR count). The van der Waals surface area contributed by atoms with Crippen molar-refractivity contribution in [3.8, 4) is 0 Å². The second kappa shape index (κ2) is 4.62. The highest BCUT2D eigenvalue weighted by molar-refractivity contribution is 5.24. The van der Waals surface area contributed by atoms with Crippen molar-refractivity contribution in [1.29, 1.82) is 0 Å². The van der Waals surface area contributed by atoms with E-state index in [0.717, 1.165) is 32.6 Å². The lowest BCUT2D eigenvalue weighted by Gasteiger charge is -2.32. The van der Waals surface area contributed by atoms with Crippen LogP contribution in [-0.2, 0) is 4.74 Å². The van der Waals surface area contributed by atoms with E-state index in [9.17, 15) is 0 Å². The molecular weight excluding hydrogens is 176 g/mol. The van der Waals surface area contributed by atoms with Crippen LogP contribution in [0.15, 0.2) is 23.9 Å². The fourth-order valence-electron chi connectivity index (χ4n) is 1.94. The highest BCUT2D eigenvalue weighted by Gasteiger charge is 2.15. The molecule has 1 unspecified atom stereocenters. The summed E-state index contributed by atoms with van der Waals surface area (Å²) < 4.78 is 5.34. The molecule has 0 saturated carbocycles. The van der Waals surface area contributed by atoms with Gasteiger partial charge in [-0.15, -0.1) is 0 Å². The highest BCUT2D eigenvalue weighted by atomic mass is 16.5. The molecule has 1 fully saturated rings. The van der Waals surface area contributed by atoms with Gasteiger partial charge in [0.05, 0.1) is 6.10 Å². The monoisotopic (exact) mass is 194 g/mol. The summed E-state index contributed by atoms with van der Waals surface area (Å²) >= 11 is 0. The number of methoxy groups -OCH3 is 1. The lowest BCUT2D eigenvalue weighted by Crippen LogP contribution is -2.43. The molecule has 0 aromatic rings. The quantitative estimate of drug-likeness (QED) is 0.702. The molecule has 0 aromatic carbocycles. The van der Waals surface area contributed by atoms with Gasteiger partial charge in [0.15, 0.2) is 0 Å². The molecule has 1 heterocycles. The standard InChI is InChI=1S/C11H18N2O/c1-14-11-4-2-3-10(9-11)13-7-5-12-6-8-13/h2-3,9,11-12H,4-8H2,1H3. The van der Waals surface area contributed by atoms with E-state index in [-0.39, 0.29) is 6.10 Å². The molecule has 1 aliphatic heterocycles. The summed E-state index contributed by atoms with van der Waals surface area (Å²) in [5, 5.41) is 3.35. The van der Waals surface area contributed by atoms with Gasteiger partial charge in [0.25, 0.3) is 0 Å². The van der Waals surface area contributed by atoms with Crippen LogP contribution in [0.1, 0.15) is 6.42 Å². The summed E-state index contributed by atoms with van der Waals surface area (Å²) in [5.74, 6) is 0. The van der Waals surface area contributed by atoms with Gasteiger partial charge in [-0.05, 0) is 18.6 Å². The number of hydrogen-bond donors (Lipinski definition) is 1. The van der Waals surface area contributed by atoms with Crippen LogP contribution in [0.5, 0.6) is 0 Å². The van der Waals surface area contributed by atoms with Crippen LogP contribution in [0.3, 0.4) is 0 Å². The van der Waals surface area contributed by atoms with Crippen molar-refractivity contribution in [2.75, 3.05) is 33.3 Å². The minimum Gasteiger partial charge on any atom is -0.377 e. The SMILES string of the molecule is COC1C=C(N2CCNCC2)C=CC1. The maximum atomic E-state index is 5.34. The van der Waals surface area contributed by atoms with Crippen molar-refractivity contribution in [3.63, 3.8) is 0 Å². The van der Waals surface area contributed by atoms with E-state index >= 15 is 0 Å². The number of rotatable bonds is 2. The van der Waals surface area contributed by atoms with Crippen LogP contribution < -0.4 is 5.32 Å². The summed E-state index contributed by atoms with van der Waals surface area (Å²) in [7, 11) is 1.77. The molecule has 2 aliphatic rings. The molecule has 78 valence electrons. The minimum absolute atomic E-state index is 0.268. The first-order chi connectivity index (χ1) is 6.90. The van der Waals surface area contributed by atoms with Crippen molar-refractivity contribution in [2.45, 2.75) is 12.5 Å². The second-order valence-corrected chi connectivity index (χ2v) is 3.74. The number of hydrogen-bond acceptors (Lipinski definition) is 3. The Balaban J connectivity index is 2.01. The Hall–Kier alpha value is -0.800. The Bertz CT molecular complexity index is 242. The molecule has 3 heteroatoms. The van der Waals surface area contributed by atoms with Crippen LogP contribution in [0.4, 0.5) is 0 Å². The number of nitrogens with one attached hydrogen (secondary N) is 1. The van der Waals surface area contributed by atoms with Crippen LogP contribution in [0, 0.1) is 0 Å². The Kier molecular flexibility index (Phi) is 3.22. The van der Waals surface area contributed by atoms with Crippen LogP contribution >= 0.6 is 0 Å². The summed E-state index contributed by atoms with van der Waals surface area (Å²) in [5.41, 5.74) is 1.32. The zero-order chi connectivity index (χ0) is 9.80. The zero-order valence-electron chi connectivity index (χ0n) is 8.70. The van der Waals surface area contributed by atoms with Gasteiger partial charge >= 0.3 is 0 Å². The normalized spacial score (nSPS) is 27.6. The van der Waals surface area contributed by atoms with E-state index in [1.165, 1.54) is 5.70 Å². The summed E-state index contributed by atoms with van der Waals surface area (Å²) in [6.45, 7) is 4.38. The van der Waals surface area contributed by atoms with Gasteiger partial charge in [0, 0.05) is 39.0 Å². The third kappa shape index (κ3) is 2.16. The third-order valence-corrected chi connectivity index (χ3v) is 2.80. The number of nitrogens with zero attached hydrogens (tertiary/aromatic N) is 1. The van der Waals surface area contributed by atoms with Crippen molar-refractivity contribution in [1.82, 2.24) is 10.2 Å². The molecule has 0 radical (unpaired) electrons. The van der Waals surface area contributed by atoms with Gasteiger partial charge in [-0.1, -0.05) is 6.08 Å². The van der Waals surface area contributed by atoms with Crippen LogP contribution in [0.2, 0.25) is 0 Å². The minimum atomic E-state index is 0.268. The number of ether oxygens (including phenoxy) is 1. The van der Waals surface area contributed by atoms with Gasteiger partial charge < -0.3 is 15.0 Å². The summed E-state index contributed by atoms with van der Waals surface area (Å²) in [4.78, 5) is 2.41. The first-order valence-electron chi connectivity index (χ1n) is 5.27. The van der Waals surface area contributed by atoms with Crippen molar-refractivity contribution < 1.29 is 4.74 Å². The van der Waals surface area contributed by atoms with E-state index in [1.54, 1.807) is 7.11 Å². The first kappa shape index (κ1) is 9.74. The van der Waals surface area contributed by atoms with Crippen molar-refractivity contribution >= 4 is 0 Å². The van der Waals surface area contributed by atoms with Crippen LogP contribution in [-0.4, -0.2) is 44.3 Å². The molecule has 0 bridgehead atoms. The lowest BCUT2D eigenvalue weighted by atomic mass is 10.1. The van der Waals surface area contributed by atoms with Gasteiger partial charge in [0.1, 0.15) is 0 Å². The third-order valence-electron chi connectivity index (χ3n) is 2.80. The fraction of sp³-hybridized carbons (Fsp3) is 0.636. The topological polar surface area (TPSA) is 24.5 Å². The molecule has 3 nitrogen and oxygen atoms in total. The van der Waals surface area contributed by atoms with Gasteiger partial charge in [0.2, 0.25) is 0 Å². The smallest absolute Gasteiger partial charge is 0.0809 e. The molecule has 14 heavy (non-hydrogen) atoms. The largest absolute Gasteiger partial charge is 0.377 e. The van der Waals surface area contributed by atoms with E-state index < -0.39 is 0 Å². The van der Waals surface area contributed by atoms with Gasteiger partial charge in [-0.25, -0.2) is 0 Å². The first-order valence-corrected chi connectivity index (χ1v) is 5.27. The molecule has 1 saturated heterocycles. The predicted molar refractivity (Wildman–Crippen MR) is 57.1 cm³/mol.